The topological polar surface area (TPSA) is 85.7 Å². The lowest BCUT2D eigenvalue weighted by atomic mass is 10.1. The van der Waals surface area contributed by atoms with Crippen LogP contribution in [0.25, 0.3) is 6.08 Å². The number of rotatable bonds is 3. The molecule has 1 aliphatic heterocycles. The van der Waals surface area contributed by atoms with Gasteiger partial charge in [0.15, 0.2) is 0 Å². The van der Waals surface area contributed by atoms with Crippen LogP contribution in [0, 0.1) is 5.41 Å². The zero-order valence-corrected chi connectivity index (χ0v) is 13.5. The van der Waals surface area contributed by atoms with E-state index in [1.807, 2.05) is 54.6 Å². The van der Waals surface area contributed by atoms with E-state index in [-0.39, 0.29) is 0 Å². The summed E-state index contributed by atoms with van der Waals surface area (Å²) >= 11 is 0. The fraction of sp³-hybridized carbons (Fsp3) is 0. The summed E-state index contributed by atoms with van der Waals surface area (Å²) in [4.78, 5) is 4.32. The van der Waals surface area contributed by atoms with Crippen molar-refractivity contribution in [3.05, 3.63) is 95.5 Å². The van der Waals surface area contributed by atoms with Gasteiger partial charge in [0, 0.05) is 5.69 Å². The van der Waals surface area contributed by atoms with Crippen LogP contribution in [0.15, 0.2) is 95.0 Å². The van der Waals surface area contributed by atoms with E-state index in [1.165, 1.54) is 0 Å². The number of aliphatic imine (C=N–C) groups is 1. The van der Waals surface area contributed by atoms with Crippen LogP contribution in [-0.2, 0) is 0 Å². The number of nitrogens with one attached hydrogen (secondary N) is 1. The Labute approximate surface area is 146 Å². The van der Waals surface area contributed by atoms with E-state index in [0.29, 0.717) is 17.1 Å². The normalized spacial score (nSPS) is 18.4. The molecule has 1 aromatic rings. The number of hydroxylamine groups is 2. The summed E-state index contributed by atoms with van der Waals surface area (Å²) in [5.74, 6) is 0. The zero-order valence-electron chi connectivity index (χ0n) is 13.5. The molecule has 2 aliphatic rings. The van der Waals surface area contributed by atoms with Gasteiger partial charge in [0.25, 0.3) is 0 Å². The van der Waals surface area contributed by atoms with E-state index in [0.717, 1.165) is 21.9 Å². The van der Waals surface area contributed by atoms with Crippen LogP contribution in [0.2, 0.25) is 0 Å². The van der Waals surface area contributed by atoms with Gasteiger partial charge in [-0.2, -0.15) is 0 Å². The van der Waals surface area contributed by atoms with Gasteiger partial charge in [0.1, 0.15) is 0 Å². The van der Waals surface area contributed by atoms with Gasteiger partial charge < -0.3 is 11.1 Å². The first-order chi connectivity index (χ1) is 12.1. The zero-order chi connectivity index (χ0) is 17.6. The lowest BCUT2D eigenvalue weighted by Crippen LogP contribution is -2.16. The fourth-order valence-corrected chi connectivity index (χ4v) is 2.20. The number of anilines is 1. The van der Waals surface area contributed by atoms with Crippen molar-refractivity contribution in [2.75, 3.05) is 5.73 Å². The third-order valence-electron chi connectivity index (χ3n) is 3.61. The van der Waals surface area contributed by atoms with Gasteiger partial charge in [-0.05, 0) is 47.6 Å². The highest BCUT2D eigenvalue weighted by molar-refractivity contribution is 6.03. The Morgan fingerprint density at radius 2 is 1.72 bits per heavy atom. The summed E-state index contributed by atoms with van der Waals surface area (Å²) in [6.07, 6.45) is 17.6. The Morgan fingerprint density at radius 1 is 1.00 bits per heavy atom. The minimum Gasteiger partial charge on any atom is -0.399 e. The van der Waals surface area contributed by atoms with Crippen LogP contribution in [0.5, 0.6) is 0 Å². The molecule has 0 radical (unpaired) electrons. The van der Waals surface area contributed by atoms with Crippen LogP contribution in [0.1, 0.15) is 5.56 Å². The van der Waals surface area contributed by atoms with Crippen molar-refractivity contribution in [3.63, 3.8) is 0 Å². The van der Waals surface area contributed by atoms with E-state index in [2.05, 4.69) is 4.99 Å². The first-order valence-corrected chi connectivity index (χ1v) is 7.74. The Morgan fingerprint density at radius 3 is 2.40 bits per heavy atom. The van der Waals surface area contributed by atoms with Crippen LogP contribution in [0.4, 0.5) is 5.69 Å². The number of nitrogens with two attached hydrogens (primary N) is 1. The molecule has 1 heterocycles. The highest BCUT2D eigenvalue weighted by Gasteiger charge is 2.07. The standard InChI is InChI=1S/C20H18N4O/c21-17-7-1-15(2-8-17)5-11-19-14-24(25)20(13-23-19)12-6-16-3-9-18(22)10-4-16/h1-14,22,25H,21H2/b11-5+,16-6?,20-12?,22-18?. The molecule has 5 heteroatoms. The summed E-state index contributed by atoms with van der Waals surface area (Å²) in [5.41, 5.74) is 9.98. The maximum atomic E-state index is 10.1. The molecule has 3 rings (SSSR count). The van der Waals surface area contributed by atoms with Crippen molar-refractivity contribution in [2.45, 2.75) is 0 Å². The summed E-state index contributed by atoms with van der Waals surface area (Å²) in [6, 6.07) is 7.50. The molecule has 1 aliphatic carbocycles. The molecule has 0 spiro atoms. The molecule has 0 fully saturated rings. The molecule has 1 aromatic carbocycles. The SMILES string of the molecule is N=C1C=CC(=CC=C2C=NC(/C=C/c3ccc(N)cc3)=CN2O)C=C1. The number of hydrogen-bond donors (Lipinski definition) is 3. The second-order valence-corrected chi connectivity index (χ2v) is 5.54. The molecule has 25 heavy (non-hydrogen) atoms. The van der Waals surface area contributed by atoms with Gasteiger partial charge in [-0.3, -0.25) is 10.2 Å². The number of allylic oxidation sites excluding steroid dienone is 9. The third kappa shape index (κ3) is 4.53. The van der Waals surface area contributed by atoms with Gasteiger partial charge in [-0.1, -0.05) is 36.4 Å². The summed E-state index contributed by atoms with van der Waals surface area (Å²) in [5, 5.41) is 18.6. The molecule has 124 valence electrons. The van der Waals surface area contributed by atoms with Crippen molar-refractivity contribution in [1.82, 2.24) is 5.06 Å². The average Bonchev–Trinajstić information content (AvgIpc) is 2.62. The molecule has 0 saturated carbocycles. The van der Waals surface area contributed by atoms with Gasteiger partial charge in [-0.15, -0.1) is 0 Å². The monoisotopic (exact) mass is 330 g/mol. The van der Waals surface area contributed by atoms with Crippen molar-refractivity contribution < 1.29 is 5.21 Å². The van der Waals surface area contributed by atoms with Gasteiger partial charge in [0.05, 0.1) is 29.5 Å². The minimum absolute atomic E-state index is 0.466. The Kier molecular flexibility index (Phi) is 4.87. The summed E-state index contributed by atoms with van der Waals surface area (Å²) < 4.78 is 0. The molecule has 0 amide bonds. The lowest BCUT2D eigenvalue weighted by Gasteiger charge is -2.16. The maximum absolute atomic E-state index is 10.1. The molecule has 0 bridgehead atoms. The fourth-order valence-electron chi connectivity index (χ4n) is 2.20. The minimum atomic E-state index is 0.466. The smallest absolute Gasteiger partial charge is 0.0869 e. The number of nitrogens with zero attached hydrogens (tertiary/aromatic N) is 2. The van der Waals surface area contributed by atoms with E-state index in [4.69, 9.17) is 11.1 Å². The molecule has 4 N–H and O–H groups in total. The summed E-state index contributed by atoms with van der Waals surface area (Å²) in [7, 11) is 0. The molecule has 0 aromatic heterocycles. The van der Waals surface area contributed by atoms with E-state index < -0.39 is 0 Å². The van der Waals surface area contributed by atoms with Crippen LogP contribution in [-0.4, -0.2) is 22.2 Å². The van der Waals surface area contributed by atoms with Gasteiger partial charge in [0.2, 0.25) is 0 Å². The van der Waals surface area contributed by atoms with Crippen molar-refractivity contribution in [3.8, 4) is 0 Å². The van der Waals surface area contributed by atoms with Crippen LogP contribution >= 0.6 is 0 Å². The number of hydrogen-bond acceptors (Lipinski definition) is 5. The molecular formula is C20H18N4O. The van der Waals surface area contributed by atoms with E-state index in [9.17, 15) is 5.21 Å². The lowest BCUT2D eigenvalue weighted by molar-refractivity contribution is 0.00229. The molecule has 0 atom stereocenters. The van der Waals surface area contributed by atoms with Crippen molar-refractivity contribution in [1.29, 1.82) is 5.41 Å². The quantitative estimate of drug-likeness (QED) is 0.736. The average molecular weight is 330 g/mol. The van der Waals surface area contributed by atoms with Gasteiger partial charge in [-0.25, -0.2) is 5.06 Å². The maximum Gasteiger partial charge on any atom is 0.0869 e. The predicted molar refractivity (Wildman–Crippen MR) is 102 cm³/mol. The van der Waals surface area contributed by atoms with Crippen LogP contribution in [0.3, 0.4) is 0 Å². The highest BCUT2D eigenvalue weighted by atomic mass is 16.5. The molecular weight excluding hydrogens is 312 g/mol. The Balaban J connectivity index is 1.68. The Bertz CT molecular complexity index is 863. The van der Waals surface area contributed by atoms with Crippen molar-refractivity contribution >= 4 is 23.7 Å². The predicted octanol–water partition coefficient (Wildman–Crippen LogP) is 3.86. The van der Waals surface area contributed by atoms with Crippen LogP contribution < -0.4 is 5.73 Å². The Hall–Kier alpha value is -3.44. The third-order valence-corrected chi connectivity index (χ3v) is 3.61. The molecule has 5 nitrogen and oxygen atoms in total. The van der Waals surface area contributed by atoms with Crippen molar-refractivity contribution in [2.24, 2.45) is 4.99 Å². The van der Waals surface area contributed by atoms with E-state index >= 15 is 0 Å². The van der Waals surface area contributed by atoms with E-state index in [1.54, 1.807) is 30.6 Å². The summed E-state index contributed by atoms with van der Waals surface area (Å²) in [6.45, 7) is 0. The number of benzene rings is 1. The first-order valence-electron chi connectivity index (χ1n) is 7.74. The molecule has 0 saturated heterocycles. The first kappa shape index (κ1) is 16.4. The highest BCUT2D eigenvalue weighted by Crippen LogP contribution is 2.15. The molecule has 0 unspecified atom stereocenters. The largest absolute Gasteiger partial charge is 0.399 e. The number of nitrogen functional groups attached to an aromatic ring is 1. The second-order valence-electron chi connectivity index (χ2n) is 5.54. The second kappa shape index (κ2) is 7.42. The van der Waals surface area contributed by atoms with Gasteiger partial charge >= 0.3 is 0 Å².